The van der Waals surface area contributed by atoms with Gasteiger partial charge in [0.15, 0.2) is 17.2 Å². The Balaban J connectivity index is 1.35. The SMILES string of the molecule is CC(=O)c1cccc(NC(=O)c2cccc(C3O[C@H](CSc4ncn[nH]4)C[C@H](c4ccc(CO)cc4)O3)c2)c1. The Hall–Kier alpha value is -3.83. The van der Waals surface area contributed by atoms with Crippen LogP contribution in [-0.4, -0.2) is 43.8 Å². The van der Waals surface area contributed by atoms with Crippen LogP contribution in [0.1, 0.15) is 63.1 Å². The molecule has 0 bridgehead atoms. The summed E-state index contributed by atoms with van der Waals surface area (Å²) < 4.78 is 12.7. The first-order valence-electron chi connectivity index (χ1n) is 12.5. The van der Waals surface area contributed by atoms with Gasteiger partial charge in [0, 0.05) is 34.6 Å². The molecule has 1 aliphatic heterocycles. The fraction of sp³-hybridized carbons (Fsp3) is 0.241. The third-order valence-electron chi connectivity index (χ3n) is 6.36. The van der Waals surface area contributed by atoms with Crippen LogP contribution in [0.25, 0.3) is 0 Å². The molecule has 1 fully saturated rings. The quantitative estimate of drug-likeness (QED) is 0.197. The molecule has 39 heavy (non-hydrogen) atoms. The summed E-state index contributed by atoms with van der Waals surface area (Å²) in [5.41, 5.74) is 4.03. The lowest BCUT2D eigenvalue weighted by molar-refractivity contribution is -0.245. The minimum atomic E-state index is -0.699. The van der Waals surface area contributed by atoms with Gasteiger partial charge in [0.25, 0.3) is 5.91 Å². The van der Waals surface area contributed by atoms with Crippen LogP contribution in [0.4, 0.5) is 5.69 Å². The minimum Gasteiger partial charge on any atom is -0.392 e. The predicted molar refractivity (Wildman–Crippen MR) is 146 cm³/mol. The highest BCUT2D eigenvalue weighted by Gasteiger charge is 2.32. The first-order chi connectivity index (χ1) is 19.0. The second-order valence-corrected chi connectivity index (χ2v) is 10.2. The van der Waals surface area contributed by atoms with Crippen LogP contribution in [0.5, 0.6) is 0 Å². The molecule has 200 valence electrons. The Labute approximate surface area is 230 Å². The molecule has 3 atom stereocenters. The molecule has 1 amide bonds. The number of carbonyl (C=O) groups excluding carboxylic acids is 2. The summed E-state index contributed by atoms with van der Waals surface area (Å²) in [6.45, 7) is 1.46. The van der Waals surface area contributed by atoms with Gasteiger partial charge in [-0.05, 0) is 42.3 Å². The number of aromatic amines is 1. The minimum absolute atomic E-state index is 0.0259. The Morgan fingerprint density at radius 2 is 1.82 bits per heavy atom. The zero-order chi connectivity index (χ0) is 27.2. The summed E-state index contributed by atoms with van der Waals surface area (Å²) in [7, 11) is 0. The number of ether oxygens (including phenoxy) is 2. The highest BCUT2D eigenvalue weighted by atomic mass is 32.2. The van der Waals surface area contributed by atoms with Crippen LogP contribution in [0.15, 0.2) is 84.3 Å². The zero-order valence-corrected chi connectivity index (χ0v) is 22.1. The first kappa shape index (κ1) is 26.8. The first-order valence-corrected chi connectivity index (χ1v) is 13.5. The summed E-state index contributed by atoms with van der Waals surface area (Å²) in [6, 6.07) is 21.7. The van der Waals surface area contributed by atoms with Gasteiger partial charge in [-0.2, -0.15) is 5.10 Å². The molecular formula is C29H28N4O5S. The molecule has 10 heteroatoms. The number of aliphatic hydroxyl groups is 1. The third-order valence-corrected chi connectivity index (χ3v) is 7.37. The van der Waals surface area contributed by atoms with Crippen LogP contribution in [0.2, 0.25) is 0 Å². The Bertz CT molecular complexity index is 1430. The molecule has 1 unspecified atom stereocenters. The Morgan fingerprint density at radius 1 is 1.03 bits per heavy atom. The summed E-state index contributed by atoms with van der Waals surface area (Å²) in [5.74, 6) is 0.255. The van der Waals surface area contributed by atoms with Gasteiger partial charge in [-0.25, -0.2) is 4.98 Å². The second kappa shape index (κ2) is 12.4. The number of aliphatic hydroxyl groups excluding tert-OH is 1. The molecule has 1 aromatic heterocycles. The molecule has 3 aromatic carbocycles. The van der Waals surface area contributed by atoms with Gasteiger partial charge in [0.1, 0.15) is 6.33 Å². The molecule has 1 aliphatic rings. The standard InChI is InChI=1S/C29H28N4O5S/c1-18(35)21-4-3-7-24(13-21)32-27(36)22-5-2-6-23(12-22)28-37-25(16-39-29-30-17-31-33-29)14-26(38-28)20-10-8-19(15-34)9-11-20/h2-13,17,25-26,28,34H,14-16H2,1H3,(H,32,36)(H,30,31,33)/t25-,26+,28?/m0/s1. The van der Waals surface area contributed by atoms with Gasteiger partial charge in [-0.15, -0.1) is 0 Å². The third kappa shape index (κ3) is 6.79. The second-order valence-electron chi connectivity index (χ2n) is 9.17. The van der Waals surface area contributed by atoms with E-state index < -0.39 is 6.29 Å². The van der Waals surface area contributed by atoms with Gasteiger partial charge in [0.05, 0.1) is 18.8 Å². The molecule has 4 aromatic rings. The lowest BCUT2D eigenvalue weighted by Gasteiger charge is -2.36. The fourth-order valence-corrected chi connectivity index (χ4v) is 5.10. The summed E-state index contributed by atoms with van der Waals surface area (Å²) in [5, 5.41) is 19.7. The van der Waals surface area contributed by atoms with Crippen molar-refractivity contribution in [3.05, 3.63) is 107 Å². The Kier molecular flexibility index (Phi) is 8.48. The van der Waals surface area contributed by atoms with Crippen LogP contribution in [0.3, 0.4) is 0 Å². The lowest BCUT2D eigenvalue weighted by atomic mass is 10.0. The number of ketones is 1. The van der Waals surface area contributed by atoms with E-state index in [0.717, 1.165) is 11.1 Å². The number of H-pyrrole nitrogens is 1. The molecule has 0 spiro atoms. The monoisotopic (exact) mass is 544 g/mol. The van der Waals surface area contributed by atoms with E-state index in [1.165, 1.54) is 25.0 Å². The van der Waals surface area contributed by atoms with Crippen LogP contribution in [0, 0.1) is 0 Å². The number of hydrogen-bond donors (Lipinski definition) is 3. The molecule has 3 N–H and O–H groups in total. The number of amides is 1. The summed E-state index contributed by atoms with van der Waals surface area (Å²) >= 11 is 1.52. The number of hydrogen-bond acceptors (Lipinski definition) is 8. The predicted octanol–water partition coefficient (Wildman–Crippen LogP) is 5.09. The maximum atomic E-state index is 13.1. The van der Waals surface area contributed by atoms with E-state index in [-0.39, 0.29) is 30.5 Å². The molecule has 0 radical (unpaired) electrons. The number of benzene rings is 3. The molecule has 0 saturated carbocycles. The van der Waals surface area contributed by atoms with E-state index >= 15 is 0 Å². The van der Waals surface area contributed by atoms with E-state index in [9.17, 15) is 14.7 Å². The molecular weight excluding hydrogens is 516 g/mol. The van der Waals surface area contributed by atoms with Crippen molar-refractivity contribution >= 4 is 29.1 Å². The van der Waals surface area contributed by atoms with Gasteiger partial charge < -0.3 is 19.9 Å². The van der Waals surface area contributed by atoms with Crippen molar-refractivity contribution in [1.29, 1.82) is 0 Å². The number of nitrogens with one attached hydrogen (secondary N) is 2. The number of nitrogens with zero attached hydrogens (tertiary/aromatic N) is 2. The van der Waals surface area contributed by atoms with Crippen molar-refractivity contribution in [2.75, 3.05) is 11.1 Å². The van der Waals surface area contributed by atoms with Gasteiger partial charge >= 0.3 is 0 Å². The lowest BCUT2D eigenvalue weighted by Crippen LogP contribution is -2.31. The van der Waals surface area contributed by atoms with Crippen molar-refractivity contribution in [1.82, 2.24) is 15.2 Å². The molecule has 2 heterocycles. The number of Topliss-reactive ketones (excluding diaryl/α,β-unsaturated/α-hetero) is 1. The van der Waals surface area contributed by atoms with E-state index in [1.54, 1.807) is 42.5 Å². The van der Waals surface area contributed by atoms with Crippen LogP contribution in [-0.2, 0) is 16.1 Å². The van der Waals surface area contributed by atoms with Crippen molar-refractivity contribution < 1.29 is 24.2 Å². The number of anilines is 1. The molecule has 0 aliphatic carbocycles. The average Bonchev–Trinajstić information content (AvgIpc) is 3.50. The normalized spacial score (nSPS) is 19.0. The maximum absolute atomic E-state index is 13.1. The molecule has 5 rings (SSSR count). The van der Waals surface area contributed by atoms with Crippen molar-refractivity contribution in [3.63, 3.8) is 0 Å². The number of aromatic nitrogens is 3. The molecule has 1 saturated heterocycles. The van der Waals surface area contributed by atoms with E-state index in [0.29, 0.717) is 39.7 Å². The summed E-state index contributed by atoms with van der Waals surface area (Å²) in [4.78, 5) is 28.9. The van der Waals surface area contributed by atoms with Gasteiger partial charge in [0.2, 0.25) is 0 Å². The highest BCUT2D eigenvalue weighted by molar-refractivity contribution is 7.99. The fourth-order valence-electron chi connectivity index (χ4n) is 4.30. The van der Waals surface area contributed by atoms with Crippen molar-refractivity contribution in [3.8, 4) is 0 Å². The topological polar surface area (TPSA) is 126 Å². The number of thioether (sulfide) groups is 1. The smallest absolute Gasteiger partial charge is 0.255 e. The van der Waals surface area contributed by atoms with Crippen molar-refractivity contribution in [2.24, 2.45) is 0 Å². The van der Waals surface area contributed by atoms with E-state index in [4.69, 9.17) is 9.47 Å². The average molecular weight is 545 g/mol. The van der Waals surface area contributed by atoms with E-state index in [2.05, 4.69) is 20.5 Å². The highest BCUT2D eigenvalue weighted by Crippen LogP contribution is 2.39. The summed E-state index contributed by atoms with van der Waals surface area (Å²) in [6.07, 6.45) is 0.990. The van der Waals surface area contributed by atoms with Gasteiger partial charge in [-0.1, -0.05) is 60.3 Å². The molecule has 9 nitrogen and oxygen atoms in total. The van der Waals surface area contributed by atoms with E-state index in [1.807, 2.05) is 30.3 Å². The zero-order valence-electron chi connectivity index (χ0n) is 21.2. The van der Waals surface area contributed by atoms with Gasteiger partial charge in [-0.3, -0.25) is 14.7 Å². The van der Waals surface area contributed by atoms with Crippen LogP contribution < -0.4 is 5.32 Å². The van der Waals surface area contributed by atoms with Crippen molar-refractivity contribution in [2.45, 2.75) is 43.6 Å². The number of rotatable bonds is 9. The van der Waals surface area contributed by atoms with Crippen LogP contribution >= 0.6 is 11.8 Å². The number of carbonyl (C=O) groups is 2. The maximum Gasteiger partial charge on any atom is 0.255 e. The Morgan fingerprint density at radius 3 is 2.56 bits per heavy atom. The largest absolute Gasteiger partial charge is 0.392 e.